The van der Waals surface area contributed by atoms with E-state index in [9.17, 15) is 0 Å². The fourth-order valence-corrected chi connectivity index (χ4v) is 3.18. The fourth-order valence-electron chi connectivity index (χ4n) is 3.18. The molecule has 1 aliphatic carbocycles. The normalized spacial score (nSPS) is 16.7. The first-order valence-electron chi connectivity index (χ1n) is 8.05. The smallest absolute Gasteiger partial charge is 0.193 e. The van der Waals surface area contributed by atoms with Gasteiger partial charge in [-0.1, -0.05) is 36.4 Å². The number of halogens is 1. The fraction of sp³-hybridized carbons (Fsp3) is 0.316. The number of nitrogens with two attached hydrogens (primary N) is 1. The predicted octanol–water partition coefficient (Wildman–Crippen LogP) is 4.16. The summed E-state index contributed by atoms with van der Waals surface area (Å²) in [4.78, 5) is 4.55. The molecular weight excluding hydrogens is 413 g/mol. The number of hydrogen-bond donors (Lipinski definition) is 2. The second-order valence-electron chi connectivity index (χ2n) is 5.84. The zero-order chi connectivity index (χ0) is 16.1. The van der Waals surface area contributed by atoms with Crippen LogP contribution in [0.25, 0.3) is 0 Å². The number of nitrogens with one attached hydrogen (secondary N) is 1. The van der Waals surface area contributed by atoms with Crippen LogP contribution in [0.5, 0.6) is 5.75 Å². The molecular formula is C19H24IN3O. The van der Waals surface area contributed by atoms with Crippen LogP contribution in [-0.2, 0) is 6.42 Å². The Bertz CT molecular complexity index is 703. The van der Waals surface area contributed by atoms with Crippen molar-refractivity contribution in [1.29, 1.82) is 0 Å². The number of fused-ring (bicyclic) bond motifs is 1. The van der Waals surface area contributed by atoms with Crippen LogP contribution in [0.3, 0.4) is 0 Å². The molecule has 0 saturated carbocycles. The molecule has 0 heterocycles. The second-order valence-corrected chi connectivity index (χ2v) is 5.84. The van der Waals surface area contributed by atoms with Crippen molar-refractivity contribution in [1.82, 2.24) is 0 Å². The predicted molar refractivity (Wildman–Crippen MR) is 111 cm³/mol. The van der Waals surface area contributed by atoms with Gasteiger partial charge in [0.15, 0.2) is 5.96 Å². The van der Waals surface area contributed by atoms with E-state index in [1.54, 1.807) is 7.11 Å². The van der Waals surface area contributed by atoms with E-state index < -0.39 is 0 Å². The number of aliphatic imine (C=N–C) groups is 1. The van der Waals surface area contributed by atoms with Crippen molar-refractivity contribution in [3.05, 3.63) is 59.7 Å². The van der Waals surface area contributed by atoms with E-state index in [-0.39, 0.29) is 24.0 Å². The minimum atomic E-state index is 0. The van der Waals surface area contributed by atoms with Gasteiger partial charge < -0.3 is 15.8 Å². The standard InChI is InChI=1S/C19H23N3O.HI/c1-23-18-12-5-4-11-17(18)22-19(20)21-13-15-9-6-8-14-7-2-3-10-16(14)15;/h2-5,7,10-12,15H,6,8-9,13H2,1H3,(H3,20,21,22);1H. The lowest BCUT2D eigenvalue weighted by Gasteiger charge is -2.24. The van der Waals surface area contributed by atoms with Gasteiger partial charge in [-0.15, -0.1) is 24.0 Å². The highest BCUT2D eigenvalue weighted by atomic mass is 127. The zero-order valence-corrected chi connectivity index (χ0v) is 16.2. The molecule has 3 rings (SSSR count). The summed E-state index contributed by atoms with van der Waals surface area (Å²) in [6.45, 7) is 0.713. The largest absolute Gasteiger partial charge is 0.495 e. The van der Waals surface area contributed by atoms with Crippen molar-refractivity contribution >= 4 is 35.6 Å². The summed E-state index contributed by atoms with van der Waals surface area (Å²) >= 11 is 0. The highest BCUT2D eigenvalue weighted by Crippen LogP contribution is 2.31. The van der Waals surface area contributed by atoms with Crippen LogP contribution < -0.4 is 15.8 Å². The molecule has 1 atom stereocenters. The Morgan fingerprint density at radius 1 is 1.21 bits per heavy atom. The third-order valence-electron chi connectivity index (χ3n) is 4.35. The maximum atomic E-state index is 6.05. The number of ether oxygens (including phenoxy) is 1. The molecule has 4 nitrogen and oxygen atoms in total. The van der Waals surface area contributed by atoms with Crippen LogP contribution in [0.4, 0.5) is 5.69 Å². The Kier molecular flexibility index (Phi) is 6.90. The minimum absolute atomic E-state index is 0. The first-order chi connectivity index (χ1) is 11.3. The van der Waals surface area contributed by atoms with Gasteiger partial charge in [-0.25, -0.2) is 0 Å². The second kappa shape index (κ2) is 8.92. The minimum Gasteiger partial charge on any atom is -0.495 e. The molecule has 0 aliphatic heterocycles. The summed E-state index contributed by atoms with van der Waals surface area (Å²) in [6.07, 6.45) is 3.56. The molecule has 0 bridgehead atoms. The lowest BCUT2D eigenvalue weighted by atomic mass is 9.83. The molecule has 24 heavy (non-hydrogen) atoms. The van der Waals surface area contributed by atoms with Crippen molar-refractivity contribution in [3.63, 3.8) is 0 Å². The number of rotatable bonds is 4. The van der Waals surface area contributed by atoms with E-state index in [1.165, 1.54) is 30.4 Å². The van der Waals surface area contributed by atoms with Crippen LogP contribution in [0.1, 0.15) is 29.9 Å². The lowest BCUT2D eigenvalue weighted by Crippen LogP contribution is -2.24. The van der Waals surface area contributed by atoms with Crippen molar-refractivity contribution < 1.29 is 4.74 Å². The maximum absolute atomic E-state index is 6.05. The molecule has 2 aromatic carbocycles. The van der Waals surface area contributed by atoms with Crippen LogP contribution in [0.15, 0.2) is 53.5 Å². The van der Waals surface area contributed by atoms with Gasteiger partial charge in [0, 0.05) is 12.5 Å². The molecule has 3 N–H and O–H groups in total. The molecule has 1 unspecified atom stereocenters. The molecule has 0 fully saturated rings. The van der Waals surface area contributed by atoms with Gasteiger partial charge >= 0.3 is 0 Å². The number of methoxy groups -OCH3 is 1. The van der Waals surface area contributed by atoms with Crippen molar-refractivity contribution in [2.75, 3.05) is 19.0 Å². The maximum Gasteiger partial charge on any atom is 0.193 e. The molecule has 1 aliphatic rings. The molecule has 0 amide bonds. The first-order valence-corrected chi connectivity index (χ1v) is 8.05. The number of guanidine groups is 1. The lowest BCUT2D eigenvalue weighted by molar-refractivity contribution is 0.417. The third kappa shape index (κ3) is 4.41. The quantitative estimate of drug-likeness (QED) is 0.429. The van der Waals surface area contributed by atoms with Crippen LogP contribution in [0.2, 0.25) is 0 Å². The van der Waals surface area contributed by atoms with Crippen LogP contribution in [-0.4, -0.2) is 19.6 Å². The van der Waals surface area contributed by atoms with Gasteiger partial charge in [-0.3, -0.25) is 4.99 Å². The van der Waals surface area contributed by atoms with Gasteiger partial charge in [0.2, 0.25) is 0 Å². The molecule has 0 spiro atoms. The number of anilines is 1. The summed E-state index contributed by atoms with van der Waals surface area (Å²) in [6, 6.07) is 16.4. The number of benzene rings is 2. The van der Waals surface area contributed by atoms with E-state index in [0.29, 0.717) is 18.4 Å². The van der Waals surface area contributed by atoms with Crippen LogP contribution in [0, 0.1) is 0 Å². The summed E-state index contributed by atoms with van der Waals surface area (Å²) < 4.78 is 5.31. The Hall–Kier alpha value is -1.76. The molecule has 0 radical (unpaired) electrons. The molecule has 0 aromatic heterocycles. The molecule has 0 saturated heterocycles. The van der Waals surface area contributed by atoms with Crippen molar-refractivity contribution in [3.8, 4) is 5.75 Å². The van der Waals surface area contributed by atoms with Gasteiger partial charge in [-0.2, -0.15) is 0 Å². The van der Waals surface area contributed by atoms with E-state index in [4.69, 9.17) is 10.5 Å². The third-order valence-corrected chi connectivity index (χ3v) is 4.35. The molecule has 5 heteroatoms. The SMILES string of the molecule is COc1ccccc1NC(N)=NCC1CCCc2ccccc21.I. The van der Waals surface area contributed by atoms with Gasteiger partial charge in [0.25, 0.3) is 0 Å². The summed E-state index contributed by atoms with van der Waals surface area (Å²) in [5, 5.41) is 3.13. The summed E-state index contributed by atoms with van der Waals surface area (Å²) in [5.41, 5.74) is 9.76. The van der Waals surface area contributed by atoms with Crippen molar-refractivity contribution in [2.45, 2.75) is 25.2 Å². The molecule has 2 aromatic rings. The van der Waals surface area contributed by atoms with E-state index in [0.717, 1.165) is 11.4 Å². The van der Waals surface area contributed by atoms with E-state index in [2.05, 4.69) is 34.6 Å². The summed E-state index contributed by atoms with van der Waals surface area (Å²) in [5.74, 6) is 1.64. The number of hydrogen-bond acceptors (Lipinski definition) is 2. The van der Waals surface area contributed by atoms with Gasteiger partial charge in [0.1, 0.15) is 5.75 Å². The average molecular weight is 437 g/mol. The Balaban J connectivity index is 0.00000208. The number of aryl methyl sites for hydroxylation is 1. The van der Waals surface area contributed by atoms with Crippen molar-refractivity contribution in [2.24, 2.45) is 10.7 Å². The summed E-state index contributed by atoms with van der Waals surface area (Å²) in [7, 11) is 1.65. The number of nitrogens with zero attached hydrogens (tertiary/aromatic N) is 1. The van der Waals surface area contributed by atoms with Gasteiger partial charge in [-0.05, 0) is 42.5 Å². The highest BCUT2D eigenvalue weighted by molar-refractivity contribution is 14.0. The van der Waals surface area contributed by atoms with E-state index in [1.807, 2.05) is 24.3 Å². The average Bonchev–Trinajstić information content (AvgIpc) is 2.60. The highest BCUT2D eigenvalue weighted by Gasteiger charge is 2.19. The first kappa shape index (κ1) is 18.6. The monoisotopic (exact) mass is 437 g/mol. The Morgan fingerprint density at radius 2 is 1.96 bits per heavy atom. The zero-order valence-electron chi connectivity index (χ0n) is 13.9. The molecule has 128 valence electrons. The topological polar surface area (TPSA) is 59.6 Å². The Morgan fingerprint density at radius 3 is 2.79 bits per heavy atom. The van der Waals surface area contributed by atoms with Gasteiger partial charge in [0.05, 0.1) is 12.8 Å². The van der Waals surface area contributed by atoms with E-state index >= 15 is 0 Å². The van der Waals surface area contributed by atoms with Crippen LogP contribution >= 0.6 is 24.0 Å². The Labute approximate surface area is 160 Å². The number of para-hydroxylation sites is 2.